The van der Waals surface area contributed by atoms with E-state index in [9.17, 15) is 24.9 Å². The predicted octanol–water partition coefficient (Wildman–Crippen LogP) is 0.0441. The molecule has 2 N–H and O–H groups in total. The molecule has 0 aliphatic heterocycles. The predicted molar refractivity (Wildman–Crippen MR) is 87.4 cm³/mol. The van der Waals surface area contributed by atoms with Crippen molar-refractivity contribution in [2.45, 2.75) is 45.3 Å². The molecular formula is C17H25N2O6-. The van der Waals surface area contributed by atoms with Gasteiger partial charge in [-0.3, -0.25) is 9.78 Å². The zero-order valence-corrected chi connectivity index (χ0v) is 14.8. The van der Waals surface area contributed by atoms with E-state index < -0.39 is 24.6 Å². The molecule has 1 aromatic heterocycles. The molecule has 1 atom stereocenters. The van der Waals surface area contributed by atoms with Crippen molar-refractivity contribution in [2.24, 2.45) is 0 Å². The maximum absolute atomic E-state index is 12.0. The zero-order valence-electron chi connectivity index (χ0n) is 14.8. The minimum absolute atomic E-state index is 0.0494. The summed E-state index contributed by atoms with van der Waals surface area (Å²) in [7, 11) is 3.74. The lowest BCUT2D eigenvalue weighted by Gasteiger charge is -2.23. The number of hydrogen-bond donors (Lipinski definition) is 2. The third-order valence-corrected chi connectivity index (χ3v) is 3.75. The van der Waals surface area contributed by atoms with E-state index in [0.717, 1.165) is 0 Å². The number of nitrogens with zero attached hydrogens (tertiary/aromatic N) is 2. The average Bonchev–Trinajstić information content (AvgIpc) is 2.53. The number of aromatic nitrogens is 1. The van der Waals surface area contributed by atoms with Gasteiger partial charge in [-0.1, -0.05) is 0 Å². The maximum atomic E-state index is 12.0. The van der Waals surface area contributed by atoms with Gasteiger partial charge in [0.1, 0.15) is 11.9 Å². The highest BCUT2D eigenvalue weighted by atomic mass is 16.5. The Bertz CT molecular complexity index is 603. The number of carbonyl (C=O) groups is 2. The molecule has 0 saturated carbocycles. The molecule has 140 valence electrons. The third kappa shape index (κ3) is 6.67. The number of aryl methyl sites for hydroxylation is 1. The van der Waals surface area contributed by atoms with Crippen LogP contribution >= 0.6 is 0 Å². The first-order valence-electron chi connectivity index (χ1n) is 8.08. The molecule has 1 aromatic rings. The molecule has 1 rings (SSSR count). The Labute approximate surface area is 147 Å². The fraction of sp³-hybridized carbons (Fsp3) is 0.588. The molecular weight excluding hydrogens is 328 g/mol. The molecule has 0 aromatic carbocycles. The van der Waals surface area contributed by atoms with Crippen LogP contribution in [0.2, 0.25) is 0 Å². The van der Waals surface area contributed by atoms with Gasteiger partial charge in [0, 0.05) is 42.7 Å². The van der Waals surface area contributed by atoms with E-state index in [1.807, 2.05) is 19.0 Å². The maximum Gasteiger partial charge on any atom is 0.306 e. The van der Waals surface area contributed by atoms with E-state index in [4.69, 9.17) is 4.74 Å². The number of aromatic hydroxyl groups is 1. The van der Waals surface area contributed by atoms with Gasteiger partial charge in [-0.25, -0.2) is 0 Å². The molecule has 25 heavy (non-hydrogen) atoms. The number of carboxylic acids is 1. The molecule has 0 amide bonds. The normalized spacial score (nSPS) is 12.2. The second-order valence-corrected chi connectivity index (χ2v) is 6.08. The fourth-order valence-corrected chi connectivity index (χ4v) is 2.35. The second kappa shape index (κ2) is 9.95. The summed E-state index contributed by atoms with van der Waals surface area (Å²) in [5, 5.41) is 30.1. The summed E-state index contributed by atoms with van der Waals surface area (Å²) in [5.41, 5.74) is 1.10. The Hall–Kier alpha value is -2.19. The second-order valence-electron chi connectivity index (χ2n) is 6.08. The van der Waals surface area contributed by atoms with Crippen LogP contribution in [0, 0.1) is 6.92 Å². The Balaban J connectivity index is 2.95. The lowest BCUT2D eigenvalue weighted by atomic mass is 10.0. The van der Waals surface area contributed by atoms with Gasteiger partial charge in [-0.15, -0.1) is 0 Å². The molecule has 0 fully saturated rings. The van der Waals surface area contributed by atoms with E-state index >= 15 is 0 Å². The Morgan fingerprint density at radius 1 is 1.36 bits per heavy atom. The summed E-state index contributed by atoms with van der Waals surface area (Å²) in [6.07, 6.45) is 1.09. The smallest absolute Gasteiger partial charge is 0.306 e. The molecule has 0 aliphatic rings. The molecule has 1 heterocycles. The SMILES string of the molecule is Cc1ncc(C(CCN(C)C)OC(=O)CCCC(=O)[O-])c(CO)c1O. The summed E-state index contributed by atoms with van der Waals surface area (Å²) in [4.78, 5) is 28.4. The van der Waals surface area contributed by atoms with Gasteiger partial charge < -0.3 is 29.8 Å². The standard InChI is InChI=1S/C17H26N2O6/c1-11-17(24)13(10-20)12(9-18-11)14(7-8-19(2)3)25-16(23)6-4-5-15(21)22/h9,14,20,24H,4-8,10H2,1-3H3,(H,21,22)/p-1. The monoisotopic (exact) mass is 353 g/mol. The number of carboxylic acid groups (broad SMARTS) is 1. The Kier molecular flexibility index (Phi) is 8.30. The fourth-order valence-electron chi connectivity index (χ4n) is 2.35. The minimum atomic E-state index is -1.22. The summed E-state index contributed by atoms with van der Waals surface area (Å²) in [6.45, 7) is 1.81. The molecule has 1 unspecified atom stereocenters. The summed E-state index contributed by atoms with van der Waals surface area (Å²) >= 11 is 0. The number of aliphatic hydroxyl groups excluding tert-OH is 1. The molecule has 8 heteroatoms. The number of rotatable bonds is 10. The summed E-state index contributed by atoms with van der Waals surface area (Å²) in [6, 6.07) is 0. The van der Waals surface area contributed by atoms with E-state index in [1.165, 1.54) is 6.20 Å². The van der Waals surface area contributed by atoms with E-state index in [2.05, 4.69) is 4.98 Å². The molecule has 8 nitrogen and oxygen atoms in total. The first-order chi connectivity index (χ1) is 11.8. The lowest BCUT2D eigenvalue weighted by Crippen LogP contribution is -2.23. The van der Waals surface area contributed by atoms with Gasteiger partial charge in [-0.2, -0.15) is 0 Å². The molecule has 0 aliphatic carbocycles. The van der Waals surface area contributed by atoms with Gasteiger partial charge in [0.05, 0.1) is 12.3 Å². The number of ether oxygens (including phenoxy) is 1. The molecule has 0 bridgehead atoms. The van der Waals surface area contributed by atoms with Gasteiger partial charge in [0.25, 0.3) is 0 Å². The van der Waals surface area contributed by atoms with Crippen molar-refractivity contribution < 1.29 is 29.6 Å². The van der Waals surface area contributed by atoms with Gasteiger partial charge in [-0.05, 0) is 33.9 Å². The van der Waals surface area contributed by atoms with Crippen molar-refractivity contribution in [2.75, 3.05) is 20.6 Å². The van der Waals surface area contributed by atoms with Crippen LogP contribution in [0.4, 0.5) is 0 Å². The largest absolute Gasteiger partial charge is 0.550 e. The summed E-state index contributed by atoms with van der Waals surface area (Å²) < 4.78 is 5.46. The number of carbonyl (C=O) groups excluding carboxylic acids is 2. The Morgan fingerprint density at radius 2 is 2.04 bits per heavy atom. The van der Waals surface area contributed by atoms with E-state index in [1.54, 1.807) is 6.92 Å². The topological polar surface area (TPSA) is 123 Å². The van der Waals surface area contributed by atoms with E-state index in [0.29, 0.717) is 24.2 Å². The number of hydrogen-bond acceptors (Lipinski definition) is 8. The molecule has 0 saturated heterocycles. The van der Waals surface area contributed by atoms with Crippen molar-refractivity contribution >= 4 is 11.9 Å². The van der Waals surface area contributed by atoms with Crippen LogP contribution in [-0.4, -0.2) is 52.7 Å². The quantitative estimate of drug-likeness (QED) is 0.565. The van der Waals surface area contributed by atoms with Crippen LogP contribution in [0.25, 0.3) is 0 Å². The van der Waals surface area contributed by atoms with Gasteiger partial charge in [0.15, 0.2) is 0 Å². The average molecular weight is 353 g/mol. The van der Waals surface area contributed by atoms with Crippen LogP contribution in [0.1, 0.15) is 48.6 Å². The van der Waals surface area contributed by atoms with Crippen molar-refractivity contribution in [3.8, 4) is 5.75 Å². The number of esters is 1. The van der Waals surface area contributed by atoms with Crippen LogP contribution in [0.15, 0.2) is 6.20 Å². The van der Waals surface area contributed by atoms with Gasteiger partial charge >= 0.3 is 5.97 Å². The minimum Gasteiger partial charge on any atom is -0.550 e. The first-order valence-corrected chi connectivity index (χ1v) is 8.08. The number of aliphatic carboxylic acids is 1. The van der Waals surface area contributed by atoms with Crippen LogP contribution in [-0.2, 0) is 20.9 Å². The third-order valence-electron chi connectivity index (χ3n) is 3.75. The highest BCUT2D eigenvalue weighted by Gasteiger charge is 2.23. The molecule has 0 spiro atoms. The van der Waals surface area contributed by atoms with Crippen molar-refractivity contribution in [1.29, 1.82) is 0 Å². The highest BCUT2D eigenvalue weighted by Crippen LogP contribution is 2.32. The van der Waals surface area contributed by atoms with E-state index in [-0.39, 0.29) is 30.6 Å². The first kappa shape index (κ1) is 20.9. The van der Waals surface area contributed by atoms with Crippen LogP contribution in [0.5, 0.6) is 5.75 Å². The number of aliphatic hydroxyl groups is 1. The van der Waals surface area contributed by atoms with Crippen molar-refractivity contribution in [3.63, 3.8) is 0 Å². The zero-order chi connectivity index (χ0) is 19.0. The number of pyridine rings is 1. The van der Waals surface area contributed by atoms with Gasteiger partial charge in [0.2, 0.25) is 0 Å². The summed E-state index contributed by atoms with van der Waals surface area (Å²) in [5.74, 6) is -1.89. The Morgan fingerprint density at radius 3 is 2.60 bits per heavy atom. The lowest BCUT2D eigenvalue weighted by molar-refractivity contribution is -0.305. The van der Waals surface area contributed by atoms with Crippen molar-refractivity contribution in [1.82, 2.24) is 9.88 Å². The van der Waals surface area contributed by atoms with Crippen molar-refractivity contribution in [3.05, 3.63) is 23.0 Å². The highest BCUT2D eigenvalue weighted by molar-refractivity contribution is 5.71. The molecule has 0 radical (unpaired) electrons. The van der Waals surface area contributed by atoms with Crippen LogP contribution in [0.3, 0.4) is 0 Å². The van der Waals surface area contributed by atoms with Crippen LogP contribution < -0.4 is 5.11 Å².